The zero-order chi connectivity index (χ0) is 20.3. The van der Waals surface area contributed by atoms with Crippen LogP contribution in [0.2, 0.25) is 5.02 Å². The van der Waals surface area contributed by atoms with Crippen molar-refractivity contribution in [1.82, 2.24) is 20.0 Å². The standard InChI is InChI=1S/C21H29ClN4O3/c22-17-4-6-18(7-5-17)29-15-14-24-10-12-25(13-11-24)16-26-19(27)21(23-20(26)28)8-2-1-3-9-21/h4-7H,1-3,8-16H2,(H,23,28). The molecule has 0 bridgehead atoms. The molecular formula is C21H29ClN4O3. The Hall–Kier alpha value is -1.83. The van der Waals surface area contributed by atoms with Gasteiger partial charge in [0.1, 0.15) is 17.9 Å². The molecule has 3 amide bonds. The Labute approximate surface area is 176 Å². The van der Waals surface area contributed by atoms with E-state index in [0.29, 0.717) is 18.3 Å². The Balaban J connectivity index is 1.20. The third kappa shape index (κ3) is 4.68. The second-order valence-electron chi connectivity index (χ2n) is 8.21. The molecule has 3 aliphatic rings. The minimum absolute atomic E-state index is 0.0269. The molecule has 2 heterocycles. The van der Waals surface area contributed by atoms with Gasteiger partial charge in [-0.2, -0.15) is 0 Å². The number of rotatable bonds is 6. The van der Waals surface area contributed by atoms with Crippen molar-refractivity contribution in [1.29, 1.82) is 0 Å². The number of carbonyl (C=O) groups is 2. The highest BCUT2D eigenvalue weighted by Gasteiger charge is 2.51. The topological polar surface area (TPSA) is 65.1 Å². The summed E-state index contributed by atoms with van der Waals surface area (Å²) in [6, 6.07) is 7.16. The number of piperazine rings is 1. The normalized spacial score (nSPS) is 22.9. The number of nitrogens with one attached hydrogen (secondary N) is 1. The van der Waals surface area contributed by atoms with Gasteiger partial charge in [0.2, 0.25) is 0 Å². The summed E-state index contributed by atoms with van der Waals surface area (Å²) in [6.07, 6.45) is 4.72. The van der Waals surface area contributed by atoms with E-state index in [1.807, 2.05) is 24.3 Å². The Bertz CT molecular complexity index is 728. The van der Waals surface area contributed by atoms with Crippen LogP contribution < -0.4 is 10.1 Å². The van der Waals surface area contributed by atoms with E-state index in [1.54, 1.807) is 0 Å². The lowest BCUT2D eigenvalue weighted by molar-refractivity contribution is -0.134. The highest BCUT2D eigenvalue weighted by atomic mass is 35.5. The van der Waals surface area contributed by atoms with Gasteiger partial charge in [-0.3, -0.25) is 14.6 Å². The highest BCUT2D eigenvalue weighted by molar-refractivity contribution is 6.30. The van der Waals surface area contributed by atoms with Crippen LogP contribution >= 0.6 is 11.6 Å². The Morgan fingerprint density at radius 1 is 0.966 bits per heavy atom. The molecule has 0 atom stereocenters. The first-order valence-corrected chi connectivity index (χ1v) is 10.9. The molecule has 1 spiro atoms. The Morgan fingerprint density at radius 2 is 1.62 bits per heavy atom. The van der Waals surface area contributed by atoms with Gasteiger partial charge in [-0.1, -0.05) is 30.9 Å². The zero-order valence-corrected chi connectivity index (χ0v) is 17.5. The van der Waals surface area contributed by atoms with Crippen LogP contribution in [0.1, 0.15) is 32.1 Å². The molecule has 0 unspecified atom stereocenters. The number of halogens is 1. The number of hydrogen-bond acceptors (Lipinski definition) is 5. The molecule has 2 saturated heterocycles. The Kier molecular flexibility index (Phi) is 6.27. The minimum Gasteiger partial charge on any atom is -0.492 e. The summed E-state index contributed by atoms with van der Waals surface area (Å²) in [7, 11) is 0. The van der Waals surface area contributed by atoms with Gasteiger partial charge in [0.05, 0.1) is 6.67 Å². The summed E-state index contributed by atoms with van der Waals surface area (Å²) in [4.78, 5) is 31.3. The first kappa shape index (κ1) is 20.4. The first-order valence-electron chi connectivity index (χ1n) is 10.5. The van der Waals surface area contributed by atoms with Crippen LogP contribution in [0.4, 0.5) is 4.79 Å². The van der Waals surface area contributed by atoms with E-state index >= 15 is 0 Å². The van der Waals surface area contributed by atoms with Crippen LogP contribution in [0.25, 0.3) is 0 Å². The largest absolute Gasteiger partial charge is 0.492 e. The predicted octanol–water partition coefficient (Wildman–Crippen LogP) is 2.55. The van der Waals surface area contributed by atoms with Gasteiger partial charge in [0.15, 0.2) is 0 Å². The molecule has 4 rings (SSSR count). The second-order valence-corrected chi connectivity index (χ2v) is 8.65. The molecule has 1 aromatic carbocycles. The molecule has 0 radical (unpaired) electrons. The van der Waals surface area contributed by atoms with E-state index < -0.39 is 5.54 Å². The molecule has 1 aromatic rings. The fourth-order valence-corrected chi connectivity index (χ4v) is 4.60. The van der Waals surface area contributed by atoms with E-state index in [4.69, 9.17) is 16.3 Å². The van der Waals surface area contributed by atoms with Gasteiger partial charge in [-0.15, -0.1) is 0 Å². The molecule has 29 heavy (non-hydrogen) atoms. The first-order chi connectivity index (χ1) is 14.1. The Morgan fingerprint density at radius 3 is 2.31 bits per heavy atom. The molecule has 2 aliphatic heterocycles. The fourth-order valence-electron chi connectivity index (χ4n) is 4.48. The molecule has 0 aromatic heterocycles. The SMILES string of the molecule is O=C1NC2(CCCCC2)C(=O)N1CN1CCN(CCOc2ccc(Cl)cc2)CC1. The quantitative estimate of drug-likeness (QED) is 0.716. The summed E-state index contributed by atoms with van der Waals surface area (Å²) < 4.78 is 5.77. The lowest BCUT2D eigenvalue weighted by Gasteiger charge is -2.36. The molecule has 1 aliphatic carbocycles. The summed E-state index contributed by atoms with van der Waals surface area (Å²) in [6.45, 7) is 5.34. The number of ether oxygens (including phenoxy) is 1. The number of hydrogen-bond donors (Lipinski definition) is 1. The maximum Gasteiger partial charge on any atom is 0.326 e. The van der Waals surface area contributed by atoms with Crippen molar-refractivity contribution < 1.29 is 14.3 Å². The van der Waals surface area contributed by atoms with Crippen molar-refractivity contribution in [2.24, 2.45) is 0 Å². The number of amides is 3. The van der Waals surface area contributed by atoms with Crippen molar-refractivity contribution >= 4 is 23.5 Å². The second kappa shape index (κ2) is 8.90. The zero-order valence-electron chi connectivity index (χ0n) is 16.7. The van der Waals surface area contributed by atoms with Gasteiger partial charge in [-0.05, 0) is 37.1 Å². The summed E-state index contributed by atoms with van der Waals surface area (Å²) >= 11 is 5.88. The van der Waals surface area contributed by atoms with Gasteiger partial charge >= 0.3 is 6.03 Å². The van der Waals surface area contributed by atoms with Gasteiger partial charge < -0.3 is 10.1 Å². The van der Waals surface area contributed by atoms with E-state index in [-0.39, 0.29) is 11.9 Å². The van der Waals surface area contributed by atoms with Crippen molar-refractivity contribution in [3.63, 3.8) is 0 Å². The van der Waals surface area contributed by atoms with Crippen LogP contribution in [0, 0.1) is 0 Å². The smallest absolute Gasteiger partial charge is 0.326 e. The van der Waals surface area contributed by atoms with Crippen molar-refractivity contribution in [2.75, 3.05) is 46.0 Å². The van der Waals surface area contributed by atoms with Crippen LogP contribution in [0.5, 0.6) is 5.75 Å². The van der Waals surface area contributed by atoms with Gasteiger partial charge in [0, 0.05) is 37.7 Å². The van der Waals surface area contributed by atoms with E-state index in [1.165, 1.54) is 4.90 Å². The van der Waals surface area contributed by atoms with Crippen LogP contribution in [-0.2, 0) is 4.79 Å². The summed E-state index contributed by atoms with van der Waals surface area (Å²) in [5.41, 5.74) is -0.629. The van der Waals surface area contributed by atoms with E-state index in [9.17, 15) is 9.59 Å². The van der Waals surface area contributed by atoms with Crippen molar-refractivity contribution in [2.45, 2.75) is 37.6 Å². The summed E-state index contributed by atoms with van der Waals surface area (Å²) in [5, 5.41) is 3.69. The number of nitrogens with zero attached hydrogens (tertiary/aromatic N) is 3. The lowest BCUT2D eigenvalue weighted by Crippen LogP contribution is -2.52. The average molecular weight is 421 g/mol. The maximum atomic E-state index is 12.9. The molecule has 1 saturated carbocycles. The molecule has 8 heteroatoms. The van der Waals surface area contributed by atoms with E-state index in [0.717, 1.165) is 70.6 Å². The third-order valence-electron chi connectivity index (χ3n) is 6.25. The minimum atomic E-state index is -0.629. The lowest BCUT2D eigenvalue weighted by atomic mass is 9.82. The van der Waals surface area contributed by atoms with E-state index in [2.05, 4.69) is 15.1 Å². The molecule has 3 fully saturated rings. The van der Waals surface area contributed by atoms with Gasteiger partial charge in [-0.25, -0.2) is 9.69 Å². The molecule has 1 N–H and O–H groups in total. The van der Waals surface area contributed by atoms with Gasteiger partial charge in [0.25, 0.3) is 5.91 Å². The third-order valence-corrected chi connectivity index (χ3v) is 6.50. The average Bonchev–Trinajstić information content (AvgIpc) is 2.95. The van der Waals surface area contributed by atoms with Crippen LogP contribution in [0.15, 0.2) is 24.3 Å². The highest BCUT2D eigenvalue weighted by Crippen LogP contribution is 2.33. The number of imide groups is 1. The molecular weight excluding hydrogens is 392 g/mol. The fraction of sp³-hybridized carbons (Fsp3) is 0.619. The number of benzene rings is 1. The predicted molar refractivity (Wildman–Crippen MR) is 111 cm³/mol. The van der Waals surface area contributed by atoms with Crippen LogP contribution in [-0.4, -0.2) is 78.2 Å². The molecule has 7 nitrogen and oxygen atoms in total. The number of carbonyl (C=O) groups excluding carboxylic acids is 2. The number of urea groups is 1. The summed E-state index contributed by atoms with van der Waals surface area (Å²) in [5.74, 6) is 0.796. The monoisotopic (exact) mass is 420 g/mol. The van der Waals surface area contributed by atoms with Crippen LogP contribution in [0.3, 0.4) is 0 Å². The maximum absolute atomic E-state index is 12.9. The van der Waals surface area contributed by atoms with Crippen molar-refractivity contribution in [3.8, 4) is 5.75 Å². The van der Waals surface area contributed by atoms with Crippen molar-refractivity contribution in [3.05, 3.63) is 29.3 Å². The molecule has 158 valence electrons.